The molecule has 1 aliphatic heterocycles. The zero-order valence-electron chi connectivity index (χ0n) is 17.2. The van der Waals surface area contributed by atoms with Crippen LogP contribution in [-0.2, 0) is 14.8 Å². The topological polar surface area (TPSA) is 69.7 Å². The highest BCUT2D eigenvalue weighted by molar-refractivity contribution is 7.89. The monoisotopic (exact) mass is 407 g/mol. The third-order valence-electron chi connectivity index (χ3n) is 6.62. The average molecular weight is 408 g/mol. The van der Waals surface area contributed by atoms with Gasteiger partial charge in [-0.15, -0.1) is 0 Å². The first-order chi connectivity index (χ1) is 13.3. The van der Waals surface area contributed by atoms with E-state index >= 15 is 0 Å². The molecule has 6 nitrogen and oxygen atoms in total. The van der Waals surface area contributed by atoms with Crippen molar-refractivity contribution in [3.63, 3.8) is 0 Å². The van der Waals surface area contributed by atoms with Gasteiger partial charge in [-0.2, -0.15) is 4.31 Å². The van der Waals surface area contributed by atoms with E-state index in [4.69, 9.17) is 0 Å². The van der Waals surface area contributed by atoms with Gasteiger partial charge < -0.3 is 5.32 Å². The minimum absolute atomic E-state index is 0.0605. The maximum atomic E-state index is 12.8. The SMILES string of the molecule is C[C@@H]1[C@H](C)CCC[C@@H]1NC(=O)[C@@H](C)N1CCN(S(=O)(=O)c2ccccc2)CC1. The second kappa shape index (κ2) is 8.93. The van der Waals surface area contributed by atoms with Crippen molar-refractivity contribution >= 4 is 15.9 Å². The van der Waals surface area contributed by atoms with Crippen LogP contribution in [0.3, 0.4) is 0 Å². The van der Waals surface area contributed by atoms with E-state index in [1.54, 1.807) is 24.3 Å². The first-order valence-electron chi connectivity index (χ1n) is 10.4. The van der Waals surface area contributed by atoms with E-state index in [1.807, 2.05) is 13.0 Å². The van der Waals surface area contributed by atoms with Gasteiger partial charge >= 0.3 is 0 Å². The van der Waals surface area contributed by atoms with Crippen LogP contribution in [0.25, 0.3) is 0 Å². The maximum absolute atomic E-state index is 12.8. The average Bonchev–Trinajstić information content (AvgIpc) is 2.71. The fraction of sp³-hybridized carbons (Fsp3) is 0.667. The molecule has 2 aliphatic rings. The van der Waals surface area contributed by atoms with Gasteiger partial charge in [0.2, 0.25) is 15.9 Å². The number of nitrogens with one attached hydrogen (secondary N) is 1. The molecule has 1 saturated heterocycles. The molecule has 0 aromatic heterocycles. The van der Waals surface area contributed by atoms with Crippen LogP contribution in [0.5, 0.6) is 0 Å². The number of carbonyl (C=O) groups excluding carboxylic acids is 1. The van der Waals surface area contributed by atoms with Gasteiger partial charge in [-0.1, -0.05) is 44.9 Å². The Balaban J connectivity index is 1.55. The zero-order chi connectivity index (χ0) is 20.3. The van der Waals surface area contributed by atoms with Gasteiger partial charge in [0, 0.05) is 32.2 Å². The van der Waals surface area contributed by atoms with E-state index in [1.165, 1.54) is 17.1 Å². The van der Waals surface area contributed by atoms with E-state index in [9.17, 15) is 13.2 Å². The van der Waals surface area contributed by atoms with Gasteiger partial charge in [0.1, 0.15) is 0 Å². The van der Waals surface area contributed by atoms with Crippen LogP contribution in [0.1, 0.15) is 40.0 Å². The number of carbonyl (C=O) groups is 1. The third kappa shape index (κ3) is 4.58. The molecule has 2 fully saturated rings. The summed E-state index contributed by atoms with van der Waals surface area (Å²) in [7, 11) is -3.46. The number of hydrogen-bond acceptors (Lipinski definition) is 4. The van der Waals surface area contributed by atoms with E-state index in [0.29, 0.717) is 42.9 Å². The number of benzene rings is 1. The Kier molecular flexibility index (Phi) is 6.78. The molecular weight excluding hydrogens is 374 g/mol. The third-order valence-corrected chi connectivity index (χ3v) is 8.53. The van der Waals surface area contributed by atoms with Crippen molar-refractivity contribution < 1.29 is 13.2 Å². The van der Waals surface area contributed by atoms with Crippen molar-refractivity contribution in [2.45, 2.75) is 57.0 Å². The summed E-state index contributed by atoms with van der Waals surface area (Å²) in [4.78, 5) is 15.2. The fourth-order valence-electron chi connectivity index (χ4n) is 4.33. The number of hydrogen-bond donors (Lipinski definition) is 1. The Labute approximate surface area is 169 Å². The van der Waals surface area contributed by atoms with Gasteiger partial charge in [0.25, 0.3) is 0 Å². The summed E-state index contributed by atoms with van der Waals surface area (Å²) in [5.41, 5.74) is 0. The highest BCUT2D eigenvalue weighted by Gasteiger charge is 2.34. The lowest BCUT2D eigenvalue weighted by Crippen LogP contribution is -2.56. The molecule has 4 atom stereocenters. The van der Waals surface area contributed by atoms with Crippen molar-refractivity contribution in [1.29, 1.82) is 0 Å². The fourth-order valence-corrected chi connectivity index (χ4v) is 5.77. The summed E-state index contributed by atoms with van der Waals surface area (Å²) in [5.74, 6) is 1.20. The van der Waals surface area contributed by atoms with E-state index < -0.39 is 10.0 Å². The summed E-state index contributed by atoms with van der Waals surface area (Å²) >= 11 is 0. The van der Waals surface area contributed by atoms with Crippen LogP contribution >= 0.6 is 0 Å². The van der Waals surface area contributed by atoms with Gasteiger partial charge in [0.15, 0.2) is 0 Å². The lowest BCUT2D eigenvalue weighted by atomic mass is 9.78. The molecule has 3 rings (SSSR count). The predicted molar refractivity (Wildman–Crippen MR) is 110 cm³/mol. The van der Waals surface area contributed by atoms with Crippen LogP contribution < -0.4 is 5.32 Å². The lowest BCUT2D eigenvalue weighted by Gasteiger charge is -2.39. The molecule has 0 unspecified atom stereocenters. The second-order valence-electron chi connectivity index (χ2n) is 8.31. The Bertz CT molecular complexity index is 760. The summed E-state index contributed by atoms with van der Waals surface area (Å²) in [6, 6.07) is 8.55. The molecule has 1 aliphatic carbocycles. The van der Waals surface area contributed by atoms with Crippen molar-refractivity contribution in [3.05, 3.63) is 30.3 Å². The van der Waals surface area contributed by atoms with Crippen LogP contribution in [0, 0.1) is 11.8 Å². The van der Waals surface area contributed by atoms with Crippen LogP contribution in [0.15, 0.2) is 35.2 Å². The smallest absolute Gasteiger partial charge is 0.243 e. The highest BCUT2D eigenvalue weighted by atomic mass is 32.2. The molecule has 1 saturated carbocycles. The van der Waals surface area contributed by atoms with Crippen LogP contribution in [0.4, 0.5) is 0 Å². The Morgan fingerprint density at radius 2 is 1.71 bits per heavy atom. The van der Waals surface area contributed by atoms with Crippen molar-refractivity contribution in [3.8, 4) is 0 Å². The molecule has 1 heterocycles. The number of piperazine rings is 1. The van der Waals surface area contributed by atoms with Crippen LogP contribution in [-0.4, -0.2) is 61.8 Å². The number of amides is 1. The second-order valence-corrected chi connectivity index (χ2v) is 10.2. The number of nitrogens with zero attached hydrogens (tertiary/aromatic N) is 2. The first kappa shape index (κ1) is 21.3. The summed E-state index contributed by atoms with van der Waals surface area (Å²) < 4.78 is 27.0. The van der Waals surface area contributed by atoms with Crippen molar-refractivity contribution in [1.82, 2.24) is 14.5 Å². The minimum Gasteiger partial charge on any atom is -0.352 e. The predicted octanol–water partition coefficient (Wildman–Crippen LogP) is 2.32. The Morgan fingerprint density at radius 3 is 2.36 bits per heavy atom. The zero-order valence-corrected chi connectivity index (χ0v) is 18.0. The summed E-state index contributed by atoms with van der Waals surface area (Å²) in [5, 5.41) is 3.25. The molecule has 1 aromatic rings. The molecule has 156 valence electrons. The lowest BCUT2D eigenvalue weighted by molar-refractivity contribution is -0.127. The molecule has 0 bridgehead atoms. The molecule has 1 N–H and O–H groups in total. The standard InChI is InChI=1S/C21H33N3O3S/c1-16-8-7-11-20(17(16)2)22-21(25)18(3)23-12-14-24(15-13-23)28(26,27)19-9-5-4-6-10-19/h4-6,9-10,16-18,20H,7-8,11-15H2,1-3H3,(H,22,25)/t16-,17-,18-,20+/m1/s1. The molecule has 0 spiro atoms. The molecule has 0 radical (unpaired) electrons. The Morgan fingerprint density at radius 1 is 1.07 bits per heavy atom. The van der Waals surface area contributed by atoms with Crippen LogP contribution in [0.2, 0.25) is 0 Å². The van der Waals surface area contributed by atoms with Gasteiger partial charge in [-0.3, -0.25) is 9.69 Å². The van der Waals surface area contributed by atoms with Crippen molar-refractivity contribution in [2.75, 3.05) is 26.2 Å². The minimum atomic E-state index is -3.46. The van der Waals surface area contributed by atoms with Gasteiger partial charge in [-0.25, -0.2) is 8.42 Å². The highest BCUT2D eigenvalue weighted by Crippen LogP contribution is 2.29. The first-order valence-corrected chi connectivity index (χ1v) is 11.8. The molecule has 28 heavy (non-hydrogen) atoms. The summed E-state index contributed by atoms with van der Waals surface area (Å²) in [6.07, 6.45) is 3.45. The molecule has 7 heteroatoms. The molecular formula is C21H33N3O3S. The van der Waals surface area contributed by atoms with E-state index in [-0.39, 0.29) is 18.0 Å². The largest absolute Gasteiger partial charge is 0.352 e. The van der Waals surface area contributed by atoms with Crippen molar-refractivity contribution in [2.24, 2.45) is 11.8 Å². The Hall–Kier alpha value is -1.44. The summed E-state index contributed by atoms with van der Waals surface area (Å²) in [6.45, 7) is 8.37. The normalized spacial score (nSPS) is 28.6. The quantitative estimate of drug-likeness (QED) is 0.813. The van der Waals surface area contributed by atoms with E-state index in [2.05, 4.69) is 24.1 Å². The van der Waals surface area contributed by atoms with Gasteiger partial charge in [-0.05, 0) is 37.3 Å². The number of sulfonamides is 1. The van der Waals surface area contributed by atoms with E-state index in [0.717, 1.165) is 6.42 Å². The van der Waals surface area contributed by atoms with Gasteiger partial charge in [0.05, 0.1) is 10.9 Å². The molecule has 1 amide bonds. The molecule has 1 aromatic carbocycles. The number of rotatable bonds is 5. The maximum Gasteiger partial charge on any atom is 0.243 e.